The van der Waals surface area contributed by atoms with Crippen molar-refractivity contribution in [3.8, 4) is 0 Å². The first-order valence-electron chi connectivity index (χ1n) is 52.1. The number of allylic oxidation sites excluding steroid dienone is 4. The maximum atomic E-state index is 13.1. The Balaban J connectivity index is 0.00000122. The molecule has 18 nitrogen and oxygen atoms in total. The number of carbonyl (C=O) groups excluding carboxylic acids is 2. The van der Waals surface area contributed by atoms with E-state index in [1.165, 1.54) is 352 Å². The summed E-state index contributed by atoms with van der Waals surface area (Å²) in [5.74, 6) is -0.467. The molecule has 122 heavy (non-hydrogen) atoms. The summed E-state index contributed by atoms with van der Waals surface area (Å²) in [5, 5.41) is 131. The lowest BCUT2D eigenvalue weighted by Crippen LogP contribution is -2.58. The van der Waals surface area contributed by atoms with Crippen LogP contribution in [0.3, 0.4) is 0 Å². The molecule has 0 aromatic rings. The van der Waals surface area contributed by atoms with Gasteiger partial charge in [-0.2, -0.15) is 0 Å². The number of carbonyl (C=O) groups is 2. The average Bonchev–Trinajstić information content (AvgIpc) is 0.821. The van der Waals surface area contributed by atoms with Gasteiger partial charge in [-0.05, 0) is 77.0 Å². The standard InChI is InChI=1S/C54H103NO8.C50H95NO8/c1-3-5-7-9-11-13-15-17-18-19-20-21-22-23-24-25-26-27-28-29-30-32-34-36-38-40-42-50(58)55-46(43-44-48-52(60)54(62)53(61)49(45-56)63-48)51(59)47(57)41-39-37-35-33-31-16-14-12-10-8-6-4-2;1-3-5-7-9-11-13-14-15-16-17-18-19-20-21-22-23-24-25-26-27-28-29-30-32-34-36-38-46(54)51-42(39-40-44-48(56)50(58)49(57)45(41-52)59-44)47(55)43(53)37-35-33-31-12-10-8-6-4-2/h27-28,43-44,46-49,51-54,56-57,59-62H,3-26,29-42,45H2,1-2H3,(H,55,58);25-26,39-40,42-45,47-50,52-53,55-58H,3-24,27-38,41H2,1-2H3,(H,51,54)/b28-27+,44-43+;26-25-,40-39+/t46-,47+,48+,49?,51-,52?,53-,54+;42-,43+,44+,45?,47-,48?,49-,50+/m00/s1. The van der Waals surface area contributed by atoms with Crippen molar-refractivity contribution in [1.82, 2.24) is 10.6 Å². The molecule has 0 aromatic carbocycles. The molecular formula is C104H198N2O16. The number of unbranched alkanes of at least 4 members (excludes halogenated alkanes) is 62. The van der Waals surface area contributed by atoms with Crippen LogP contribution in [0, 0.1) is 0 Å². The van der Waals surface area contributed by atoms with Gasteiger partial charge in [0.15, 0.2) is 0 Å². The molecule has 2 aliphatic heterocycles. The van der Waals surface area contributed by atoms with Gasteiger partial charge in [-0.3, -0.25) is 9.59 Å². The molecule has 4 unspecified atom stereocenters. The van der Waals surface area contributed by atoms with Crippen LogP contribution in [-0.2, 0) is 19.1 Å². The first-order chi connectivity index (χ1) is 59.5. The van der Waals surface area contributed by atoms with E-state index >= 15 is 0 Å². The fourth-order valence-electron chi connectivity index (χ4n) is 17.2. The molecule has 2 fully saturated rings. The summed E-state index contributed by atoms with van der Waals surface area (Å²) in [5.41, 5.74) is 0. The number of aliphatic hydroxyl groups excluding tert-OH is 12. The van der Waals surface area contributed by atoms with Crippen molar-refractivity contribution in [2.24, 2.45) is 0 Å². The SMILES string of the molecule is CCCCCCCCCCCCCCCCCC/C=C/CCCCCCCCC(=O)N[C@@H](/C=C/[C@H]1OC(CO)[C@H](O)[C@H](O)C1O)[C@H](O)[C@H](O)CCCCCCCCCCCCCC.CCCCCCCCCCCCCCCCCC/C=C\CCCCCCCCC(=O)N[C@@H](/C=C/[C@H]1OC(CO)[C@H](O)[C@H](O)C1O)[C@H](O)[C@H](O)CCCCCCCCCC. The highest BCUT2D eigenvalue weighted by molar-refractivity contribution is 5.77. The van der Waals surface area contributed by atoms with Crippen molar-refractivity contribution in [2.45, 2.75) is 588 Å². The smallest absolute Gasteiger partial charge is 0.220 e. The van der Waals surface area contributed by atoms with Gasteiger partial charge in [0.25, 0.3) is 0 Å². The summed E-state index contributed by atoms with van der Waals surface area (Å²) in [6, 6.07) is -1.90. The van der Waals surface area contributed by atoms with Crippen LogP contribution < -0.4 is 10.6 Å². The van der Waals surface area contributed by atoms with Crippen LogP contribution >= 0.6 is 0 Å². The van der Waals surface area contributed by atoms with E-state index in [4.69, 9.17) is 9.47 Å². The topological polar surface area (TPSA) is 319 Å². The number of nitrogens with one attached hydrogen (secondary N) is 2. The number of rotatable bonds is 86. The third kappa shape index (κ3) is 65.8. The molecule has 2 rings (SSSR count). The average molecular weight is 1730 g/mol. The van der Waals surface area contributed by atoms with Gasteiger partial charge in [-0.25, -0.2) is 0 Å². The fourth-order valence-corrected chi connectivity index (χ4v) is 17.2. The number of amides is 2. The Morgan fingerprint density at radius 3 is 0.680 bits per heavy atom. The minimum absolute atomic E-state index is 0.232. The second kappa shape index (κ2) is 86.4. The van der Waals surface area contributed by atoms with Crippen molar-refractivity contribution in [1.29, 1.82) is 0 Å². The zero-order valence-corrected chi connectivity index (χ0v) is 79.2. The summed E-state index contributed by atoms with van der Waals surface area (Å²) >= 11 is 0. The van der Waals surface area contributed by atoms with Gasteiger partial charge in [-0.15, -0.1) is 0 Å². The lowest BCUT2D eigenvalue weighted by Gasteiger charge is -2.39. The van der Waals surface area contributed by atoms with Gasteiger partial charge in [0.1, 0.15) is 73.2 Å². The number of hydrogen-bond donors (Lipinski definition) is 14. The minimum Gasteiger partial charge on any atom is -0.394 e. The molecule has 0 spiro atoms. The summed E-state index contributed by atoms with van der Waals surface area (Å²) in [6.45, 7) is 7.91. The number of ether oxygens (including phenoxy) is 2. The maximum absolute atomic E-state index is 13.1. The van der Waals surface area contributed by atoms with Crippen LogP contribution in [0.15, 0.2) is 48.6 Å². The molecule has 0 bridgehead atoms. The second-order valence-corrected chi connectivity index (χ2v) is 37.0. The Labute approximate surface area is 748 Å². The van der Waals surface area contributed by atoms with Crippen LogP contribution in [0.5, 0.6) is 0 Å². The van der Waals surface area contributed by atoms with E-state index in [1.54, 1.807) is 0 Å². The predicted octanol–water partition coefficient (Wildman–Crippen LogP) is 22.5. The predicted molar refractivity (Wildman–Crippen MR) is 507 cm³/mol. The highest BCUT2D eigenvalue weighted by Gasteiger charge is 2.44. The summed E-state index contributed by atoms with van der Waals surface area (Å²) < 4.78 is 11.2. The van der Waals surface area contributed by atoms with Crippen molar-refractivity contribution >= 4 is 11.8 Å². The fraction of sp³-hybridized carbons (Fsp3) is 0.904. The van der Waals surface area contributed by atoms with Crippen LogP contribution in [0.1, 0.15) is 490 Å². The third-order valence-corrected chi connectivity index (χ3v) is 25.6. The molecule has 0 saturated carbocycles. The molecule has 18 heteroatoms. The van der Waals surface area contributed by atoms with Gasteiger partial charge in [0, 0.05) is 12.8 Å². The molecular weight excluding hydrogens is 1530 g/mol. The van der Waals surface area contributed by atoms with Crippen LogP contribution in [0.4, 0.5) is 0 Å². The van der Waals surface area contributed by atoms with Crippen molar-refractivity contribution in [3.63, 3.8) is 0 Å². The van der Waals surface area contributed by atoms with Crippen LogP contribution in [0.2, 0.25) is 0 Å². The van der Waals surface area contributed by atoms with Crippen LogP contribution in [-0.4, -0.2) is 184 Å². The first kappa shape index (κ1) is 117. The molecule has 0 aromatic heterocycles. The summed E-state index contributed by atoms with van der Waals surface area (Å²) in [4.78, 5) is 26.1. The Morgan fingerprint density at radius 2 is 0.467 bits per heavy atom. The molecule has 2 aliphatic rings. The second-order valence-electron chi connectivity index (χ2n) is 37.0. The van der Waals surface area contributed by atoms with E-state index in [0.717, 1.165) is 109 Å². The largest absolute Gasteiger partial charge is 0.394 e. The molecule has 2 saturated heterocycles. The lowest BCUT2D eigenvalue weighted by atomic mass is 9.93. The third-order valence-electron chi connectivity index (χ3n) is 25.6. The summed E-state index contributed by atoms with van der Waals surface area (Å²) in [6.07, 6.45) is 84.1. The molecule has 0 aliphatic carbocycles. The number of aliphatic hydroxyl groups is 12. The van der Waals surface area contributed by atoms with Crippen molar-refractivity contribution in [2.75, 3.05) is 13.2 Å². The normalized spacial score (nSPS) is 21.1. The maximum Gasteiger partial charge on any atom is 0.220 e. The molecule has 2 amide bonds. The van der Waals surface area contributed by atoms with Crippen molar-refractivity contribution in [3.05, 3.63) is 48.6 Å². The first-order valence-corrected chi connectivity index (χ1v) is 52.1. The monoisotopic (exact) mass is 1730 g/mol. The molecule has 14 N–H and O–H groups in total. The lowest BCUT2D eigenvalue weighted by molar-refractivity contribution is -0.216. The number of hydrogen-bond acceptors (Lipinski definition) is 16. The van der Waals surface area contributed by atoms with Gasteiger partial charge in [0.2, 0.25) is 11.8 Å². The molecule has 720 valence electrons. The highest BCUT2D eigenvalue weighted by Crippen LogP contribution is 2.27. The Bertz CT molecular complexity index is 2360. The van der Waals surface area contributed by atoms with Gasteiger partial charge in [-0.1, -0.05) is 449 Å². The molecule has 16 atom stereocenters. The summed E-state index contributed by atoms with van der Waals surface area (Å²) in [7, 11) is 0. The Hall–Kier alpha value is -2.66. The van der Waals surface area contributed by atoms with E-state index in [0.29, 0.717) is 25.7 Å². The molecule has 0 radical (unpaired) electrons. The molecule has 2 heterocycles. The zero-order chi connectivity index (χ0) is 89.2. The van der Waals surface area contributed by atoms with E-state index in [1.807, 2.05) is 0 Å². The highest BCUT2D eigenvalue weighted by atomic mass is 16.6. The quantitative estimate of drug-likeness (QED) is 0.0199. The zero-order valence-electron chi connectivity index (χ0n) is 79.2. The van der Waals surface area contributed by atoms with Gasteiger partial charge < -0.3 is 81.4 Å². The Kier molecular flexibility index (Phi) is 83.1. The van der Waals surface area contributed by atoms with E-state index in [2.05, 4.69) is 62.6 Å². The minimum atomic E-state index is -1.53. The van der Waals surface area contributed by atoms with Crippen molar-refractivity contribution < 1.29 is 80.3 Å². The van der Waals surface area contributed by atoms with Crippen LogP contribution in [0.25, 0.3) is 0 Å². The van der Waals surface area contributed by atoms with Gasteiger partial charge in [0.05, 0.1) is 37.5 Å². The van der Waals surface area contributed by atoms with E-state index in [-0.39, 0.29) is 11.8 Å². The Morgan fingerprint density at radius 1 is 0.270 bits per heavy atom. The van der Waals surface area contributed by atoms with E-state index in [9.17, 15) is 70.9 Å². The van der Waals surface area contributed by atoms with E-state index < -0.39 is 111 Å². The van der Waals surface area contributed by atoms with Gasteiger partial charge >= 0.3 is 0 Å².